The fraction of sp³-hybridized carbons (Fsp3) is 0.391. The lowest BCUT2D eigenvalue weighted by Gasteiger charge is -2.40. The first-order valence-electron chi connectivity index (χ1n) is 10.1. The van der Waals surface area contributed by atoms with Crippen LogP contribution in [0.15, 0.2) is 48.5 Å². The molecular weight excluding hydrogens is 350 g/mol. The van der Waals surface area contributed by atoms with Gasteiger partial charge in [-0.3, -0.25) is 9.59 Å². The number of benzene rings is 2. The average Bonchev–Trinajstić information content (AvgIpc) is 2.69. The molecule has 0 fully saturated rings. The lowest BCUT2D eigenvalue weighted by molar-refractivity contribution is -0.119. The molecule has 0 saturated heterocycles. The summed E-state index contributed by atoms with van der Waals surface area (Å²) in [7, 11) is 0. The van der Waals surface area contributed by atoms with Crippen molar-refractivity contribution < 1.29 is 9.59 Å². The zero-order valence-electron chi connectivity index (χ0n) is 16.9. The summed E-state index contributed by atoms with van der Waals surface area (Å²) in [4.78, 5) is 26.1. The molecule has 148 valence electrons. The number of carbonyl (C=O) groups excluding carboxylic acids is 2. The van der Waals surface area contributed by atoms with Crippen molar-refractivity contribution in [2.24, 2.45) is 0 Å². The fourth-order valence-corrected chi connectivity index (χ4v) is 3.80. The van der Waals surface area contributed by atoms with Gasteiger partial charge >= 0.3 is 0 Å². The van der Waals surface area contributed by atoms with Crippen molar-refractivity contribution in [3.63, 3.8) is 0 Å². The largest absolute Gasteiger partial charge is 0.378 e. The SMILES string of the molecule is CCCC(=O)Nc1ccc(N[C@@H]2C[C@H](C)N(C(=O)CC)c3ccccc32)cc1. The van der Waals surface area contributed by atoms with E-state index in [-0.39, 0.29) is 23.9 Å². The molecule has 0 saturated carbocycles. The smallest absolute Gasteiger partial charge is 0.226 e. The van der Waals surface area contributed by atoms with Gasteiger partial charge in [0.15, 0.2) is 0 Å². The predicted octanol–water partition coefficient (Wildman–Crippen LogP) is 5.11. The van der Waals surface area contributed by atoms with E-state index in [0.717, 1.165) is 35.5 Å². The van der Waals surface area contributed by atoms with Crippen LogP contribution in [0.3, 0.4) is 0 Å². The Hall–Kier alpha value is -2.82. The molecule has 0 radical (unpaired) electrons. The molecule has 1 heterocycles. The molecule has 3 rings (SSSR count). The average molecular weight is 380 g/mol. The fourth-order valence-electron chi connectivity index (χ4n) is 3.80. The second kappa shape index (κ2) is 8.91. The van der Waals surface area contributed by atoms with Crippen molar-refractivity contribution in [2.75, 3.05) is 15.5 Å². The minimum atomic E-state index is 0.0407. The second-order valence-corrected chi connectivity index (χ2v) is 7.33. The number of rotatable bonds is 6. The highest BCUT2D eigenvalue weighted by atomic mass is 16.2. The number of hydrogen-bond donors (Lipinski definition) is 2. The van der Waals surface area contributed by atoms with Gasteiger partial charge in [-0.15, -0.1) is 0 Å². The Labute approximate surface area is 167 Å². The Morgan fingerprint density at radius 3 is 2.39 bits per heavy atom. The molecule has 2 amide bonds. The van der Waals surface area contributed by atoms with Crippen molar-refractivity contribution in [3.05, 3.63) is 54.1 Å². The topological polar surface area (TPSA) is 61.4 Å². The van der Waals surface area contributed by atoms with Crippen molar-refractivity contribution in [1.29, 1.82) is 0 Å². The third kappa shape index (κ3) is 4.35. The molecule has 0 aromatic heterocycles. The van der Waals surface area contributed by atoms with Crippen LogP contribution in [-0.4, -0.2) is 17.9 Å². The summed E-state index contributed by atoms with van der Waals surface area (Å²) in [6.07, 6.45) is 2.71. The summed E-state index contributed by atoms with van der Waals surface area (Å²) < 4.78 is 0. The molecule has 28 heavy (non-hydrogen) atoms. The van der Waals surface area contributed by atoms with Crippen molar-refractivity contribution in [1.82, 2.24) is 0 Å². The molecular formula is C23H29N3O2. The van der Waals surface area contributed by atoms with E-state index < -0.39 is 0 Å². The Kier molecular flexibility index (Phi) is 6.34. The normalized spacial score (nSPS) is 18.3. The van der Waals surface area contributed by atoms with E-state index in [1.54, 1.807) is 0 Å². The first-order valence-corrected chi connectivity index (χ1v) is 10.1. The first-order chi connectivity index (χ1) is 13.5. The molecule has 0 aliphatic carbocycles. The van der Waals surface area contributed by atoms with Gasteiger partial charge < -0.3 is 15.5 Å². The summed E-state index contributed by atoms with van der Waals surface area (Å²) in [6.45, 7) is 6.00. The van der Waals surface area contributed by atoms with E-state index in [4.69, 9.17) is 0 Å². The number of hydrogen-bond acceptors (Lipinski definition) is 3. The summed E-state index contributed by atoms with van der Waals surface area (Å²) in [5.74, 6) is 0.199. The molecule has 1 aliphatic heterocycles. The van der Waals surface area contributed by atoms with Crippen LogP contribution in [0.2, 0.25) is 0 Å². The Morgan fingerprint density at radius 1 is 1.04 bits per heavy atom. The number of para-hydroxylation sites is 1. The van der Waals surface area contributed by atoms with Gasteiger partial charge in [-0.2, -0.15) is 0 Å². The molecule has 0 bridgehead atoms. The monoisotopic (exact) mass is 379 g/mol. The highest BCUT2D eigenvalue weighted by molar-refractivity contribution is 5.95. The van der Waals surface area contributed by atoms with E-state index in [1.807, 2.05) is 61.2 Å². The van der Waals surface area contributed by atoms with Crippen LogP contribution < -0.4 is 15.5 Å². The van der Waals surface area contributed by atoms with Gasteiger partial charge in [0.2, 0.25) is 11.8 Å². The minimum absolute atomic E-state index is 0.0407. The third-order valence-electron chi connectivity index (χ3n) is 5.15. The minimum Gasteiger partial charge on any atom is -0.378 e. The van der Waals surface area contributed by atoms with Gasteiger partial charge in [-0.25, -0.2) is 0 Å². The summed E-state index contributed by atoms with van der Waals surface area (Å²) in [6, 6.07) is 16.2. The lowest BCUT2D eigenvalue weighted by atomic mass is 9.91. The maximum atomic E-state index is 12.4. The quantitative estimate of drug-likeness (QED) is 0.733. The van der Waals surface area contributed by atoms with Crippen LogP contribution in [0, 0.1) is 0 Å². The van der Waals surface area contributed by atoms with E-state index in [9.17, 15) is 9.59 Å². The van der Waals surface area contributed by atoms with Gasteiger partial charge in [-0.05, 0) is 55.7 Å². The van der Waals surface area contributed by atoms with E-state index in [2.05, 4.69) is 23.6 Å². The summed E-state index contributed by atoms with van der Waals surface area (Å²) in [5.41, 5.74) is 3.94. The molecule has 1 aliphatic rings. The van der Waals surface area contributed by atoms with Crippen LogP contribution >= 0.6 is 0 Å². The zero-order valence-corrected chi connectivity index (χ0v) is 16.9. The van der Waals surface area contributed by atoms with Gasteiger partial charge in [-0.1, -0.05) is 32.0 Å². The highest BCUT2D eigenvalue weighted by Crippen LogP contribution is 2.39. The third-order valence-corrected chi connectivity index (χ3v) is 5.15. The Bertz CT molecular complexity index is 832. The molecule has 2 aromatic rings. The lowest BCUT2D eigenvalue weighted by Crippen LogP contribution is -2.44. The van der Waals surface area contributed by atoms with E-state index >= 15 is 0 Å². The van der Waals surface area contributed by atoms with Crippen molar-refractivity contribution in [3.8, 4) is 0 Å². The maximum absolute atomic E-state index is 12.4. The Morgan fingerprint density at radius 2 is 1.71 bits per heavy atom. The van der Waals surface area contributed by atoms with Crippen LogP contribution in [0.4, 0.5) is 17.1 Å². The van der Waals surface area contributed by atoms with E-state index in [0.29, 0.717) is 12.8 Å². The number of nitrogens with one attached hydrogen (secondary N) is 2. The summed E-state index contributed by atoms with van der Waals surface area (Å²) in [5, 5.41) is 6.51. The number of nitrogens with zero attached hydrogens (tertiary/aromatic N) is 1. The highest BCUT2D eigenvalue weighted by Gasteiger charge is 2.32. The van der Waals surface area contributed by atoms with Crippen molar-refractivity contribution in [2.45, 2.75) is 58.5 Å². The standard InChI is InChI=1S/C23H29N3O2/c1-4-8-22(27)25-18-13-11-17(12-14-18)24-20-15-16(3)26(23(28)5-2)21-10-7-6-9-19(20)21/h6-7,9-14,16,20,24H,4-5,8,15H2,1-3H3,(H,25,27)/t16-,20+/m0/s1. The zero-order chi connectivity index (χ0) is 20.1. The van der Waals surface area contributed by atoms with Gasteiger partial charge in [0.25, 0.3) is 0 Å². The molecule has 5 nitrogen and oxygen atoms in total. The molecule has 5 heteroatoms. The predicted molar refractivity (Wildman–Crippen MR) is 115 cm³/mol. The number of anilines is 3. The van der Waals surface area contributed by atoms with Gasteiger partial charge in [0.05, 0.1) is 6.04 Å². The number of carbonyl (C=O) groups is 2. The summed E-state index contributed by atoms with van der Waals surface area (Å²) >= 11 is 0. The number of amides is 2. The Balaban J connectivity index is 1.77. The molecule has 2 aromatic carbocycles. The first kappa shape index (κ1) is 19.9. The van der Waals surface area contributed by atoms with Crippen LogP contribution in [0.5, 0.6) is 0 Å². The van der Waals surface area contributed by atoms with Crippen LogP contribution in [-0.2, 0) is 9.59 Å². The molecule has 0 unspecified atom stereocenters. The van der Waals surface area contributed by atoms with Crippen molar-refractivity contribution >= 4 is 28.9 Å². The van der Waals surface area contributed by atoms with Crippen LogP contribution in [0.1, 0.15) is 58.1 Å². The molecule has 2 atom stereocenters. The number of fused-ring (bicyclic) bond motifs is 1. The van der Waals surface area contributed by atoms with Crippen LogP contribution in [0.25, 0.3) is 0 Å². The van der Waals surface area contributed by atoms with E-state index in [1.165, 1.54) is 0 Å². The van der Waals surface area contributed by atoms with Gasteiger partial charge in [0, 0.05) is 35.9 Å². The molecule has 0 spiro atoms. The molecule has 2 N–H and O–H groups in total. The van der Waals surface area contributed by atoms with Gasteiger partial charge in [0.1, 0.15) is 0 Å². The maximum Gasteiger partial charge on any atom is 0.226 e. The second-order valence-electron chi connectivity index (χ2n) is 7.33.